The molecule has 7 heteroatoms. The average Bonchev–Trinajstić information content (AvgIpc) is 2.65. The molecule has 0 radical (unpaired) electrons. The summed E-state index contributed by atoms with van der Waals surface area (Å²) in [5.41, 5.74) is 0.923. The van der Waals surface area contributed by atoms with E-state index >= 15 is 0 Å². The summed E-state index contributed by atoms with van der Waals surface area (Å²) >= 11 is 0. The van der Waals surface area contributed by atoms with Gasteiger partial charge in [0.25, 0.3) is 0 Å². The second-order valence-electron chi connectivity index (χ2n) is 5.67. The minimum absolute atomic E-state index is 0.223. The van der Waals surface area contributed by atoms with Crippen LogP contribution in [0.3, 0.4) is 0 Å². The number of likely N-dealkylation sites (tertiary alicyclic amines) is 1. The van der Waals surface area contributed by atoms with Crippen LogP contribution in [-0.2, 0) is 16.1 Å². The van der Waals surface area contributed by atoms with Crippen LogP contribution in [0.25, 0.3) is 0 Å². The fourth-order valence-corrected chi connectivity index (χ4v) is 2.54. The standard InChI is InChI=1S/C17H21N3O4/c18-10-15(11-21)19-16(22)14-6-8-20(9-7-14)17(23)24-12-13-4-2-1-3-5-13/h1-5,14-15,21H,6-9,11-12H2,(H,19,22)/t15-/m1/s1. The molecule has 0 aromatic heterocycles. The molecular weight excluding hydrogens is 310 g/mol. The first-order valence-corrected chi connectivity index (χ1v) is 7.90. The summed E-state index contributed by atoms with van der Waals surface area (Å²) < 4.78 is 5.27. The first-order valence-electron chi connectivity index (χ1n) is 7.90. The summed E-state index contributed by atoms with van der Waals surface area (Å²) in [4.78, 5) is 25.6. The van der Waals surface area contributed by atoms with E-state index in [9.17, 15) is 9.59 Å². The van der Waals surface area contributed by atoms with Crippen molar-refractivity contribution in [2.45, 2.75) is 25.5 Å². The van der Waals surface area contributed by atoms with Crippen LogP contribution in [0.4, 0.5) is 4.79 Å². The van der Waals surface area contributed by atoms with Crippen LogP contribution in [0.2, 0.25) is 0 Å². The molecule has 1 aromatic carbocycles. The Morgan fingerprint density at radius 3 is 2.58 bits per heavy atom. The Bertz CT molecular complexity index is 592. The zero-order valence-corrected chi connectivity index (χ0v) is 13.4. The molecule has 1 aromatic rings. The molecule has 0 aliphatic carbocycles. The number of aliphatic hydroxyl groups excluding tert-OH is 1. The minimum Gasteiger partial charge on any atom is -0.445 e. The molecule has 1 heterocycles. The van der Waals surface area contributed by atoms with Gasteiger partial charge in [0.15, 0.2) is 0 Å². The highest BCUT2D eigenvalue weighted by molar-refractivity contribution is 5.79. The van der Waals surface area contributed by atoms with Crippen molar-refractivity contribution in [2.24, 2.45) is 5.92 Å². The highest BCUT2D eigenvalue weighted by Gasteiger charge is 2.29. The Morgan fingerprint density at radius 1 is 1.33 bits per heavy atom. The Balaban J connectivity index is 1.74. The van der Waals surface area contributed by atoms with Crippen LogP contribution in [-0.4, -0.2) is 47.7 Å². The molecule has 0 bridgehead atoms. The number of piperidine rings is 1. The highest BCUT2D eigenvalue weighted by atomic mass is 16.6. The van der Waals surface area contributed by atoms with Crippen LogP contribution < -0.4 is 5.32 Å². The Labute approximate surface area is 140 Å². The van der Waals surface area contributed by atoms with Crippen molar-refractivity contribution in [1.29, 1.82) is 5.26 Å². The Kier molecular flexibility index (Phi) is 6.58. The number of rotatable bonds is 5. The van der Waals surface area contributed by atoms with Crippen LogP contribution in [0.1, 0.15) is 18.4 Å². The summed E-state index contributed by atoms with van der Waals surface area (Å²) in [7, 11) is 0. The van der Waals surface area contributed by atoms with E-state index < -0.39 is 12.6 Å². The number of amides is 2. The maximum atomic E-state index is 12.0. The van der Waals surface area contributed by atoms with Crippen molar-refractivity contribution in [2.75, 3.05) is 19.7 Å². The third kappa shape index (κ3) is 4.96. The highest BCUT2D eigenvalue weighted by Crippen LogP contribution is 2.18. The first kappa shape index (κ1) is 17.8. The lowest BCUT2D eigenvalue weighted by Gasteiger charge is -2.30. The van der Waals surface area contributed by atoms with Gasteiger partial charge in [0.05, 0.1) is 12.7 Å². The van der Waals surface area contributed by atoms with E-state index in [4.69, 9.17) is 15.1 Å². The van der Waals surface area contributed by atoms with E-state index in [-0.39, 0.29) is 24.5 Å². The van der Waals surface area contributed by atoms with Gasteiger partial charge in [-0.3, -0.25) is 4.79 Å². The number of nitrogens with one attached hydrogen (secondary N) is 1. The van der Waals surface area contributed by atoms with Gasteiger partial charge in [0, 0.05) is 19.0 Å². The van der Waals surface area contributed by atoms with Crippen molar-refractivity contribution >= 4 is 12.0 Å². The summed E-state index contributed by atoms with van der Waals surface area (Å²) in [6.07, 6.45) is 0.633. The van der Waals surface area contributed by atoms with E-state index in [0.29, 0.717) is 25.9 Å². The second kappa shape index (κ2) is 8.89. The van der Waals surface area contributed by atoms with Crippen molar-refractivity contribution in [3.63, 3.8) is 0 Å². The number of hydrogen-bond donors (Lipinski definition) is 2. The summed E-state index contributed by atoms with van der Waals surface area (Å²) in [6.45, 7) is 0.678. The average molecular weight is 331 g/mol. The molecular formula is C17H21N3O4. The number of carbonyl (C=O) groups is 2. The lowest BCUT2D eigenvalue weighted by atomic mass is 9.96. The largest absolute Gasteiger partial charge is 0.445 e. The SMILES string of the molecule is N#C[C@H](CO)NC(=O)C1CCN(C(=O)OCc2ccccc2)CC1. The molecule has 128 valence electrons. The maximum Gasteiger partial charge on any atom is 0.410 e. The van der Waals surface area contributed by atoms with E-state index in [1.807, 2.05) is 36.4 Å². The van der Waals surface area contributed by atoms with Gasteiger partial charge >= 0.3 is 6.09 Å². The molecule has 1 saturated heterocycles. The smallest absolute Gasteiger partial charge is 0.410 e. The zero-order valence-electron chi connectivity index (χ0n) is 13.4. The molecule has 24 heavy (non-hydrogen) atoms. The summed E-state index contributed by atoms with van der Waals surface area (Å²) in [6, 6.07) is 10.4. The third-order valence-corrected chi connectivity index (χ3v) is 3.98. The number of aliphatic hydroxyl groups is 1. The van der Waals surface area contributed by atoms with Crippen molar-refractivity contribution in [3.05, 3.63) is 35.9 Å². The topological polar surface area (TPSA) is 103 Å². The van der Waals surface area contributed by atoms with E-state index in [0.717, 1.165) is 5.56 Å². The number of nitrogens with zero attached hydrogens (tertiary/aromatic N) is 2. The van der Waals surface area contributed by atoms with Gasteiger partial charge in [0.1, 0.15) is 12.6 Å². The van der Waals surface area contributed by atoms with Gasteiger partial charge in [0.2, 0.25) is 5.91 Å². The van der Waals surface area contributed by atoms with Crippen molar-refractivity contribution < 1.29 is 19.4 Å². The summed E-state index contributed by atoms with van der Waals surface area (Å²) in [5, 5.41) is 20.2. The number of hydrogen-bond acceptors (Lipinski definition) is 5. The molecule has 1 atom stereocenters. The Hall–Kier alpha value is -2.59. The predicted octanol–water partition coefficient (Wildman–Crippen LogP) is 1.04. The van der Waals surface area contributed by atoms with Crippen molar-refractivity contribution in [3.8, 4) is 6.07 Å². The van der Waals surface area contributed by atoms with E-state index in [1.54, 1.807) is 4.90 Å². The fourth-order valence-electron chi connectivity index (χ4n) is 2.54. The molecule has 7 nitrogen and oxygen atoms in total. The van der Waals surface area contributed by atoms with Gasteiger partial charge in [-0.05, 0) is 18.4 Å². The number of benzene rings is 1. The molecule has 1 aliphatic rings. The summed E-state index contributed by atoms with van der Waals surface area (Å²) in [5.74, 6) is -0.515. The van der Waals surface area contributed by atoms with Crippen LogP contribution >= 0.6 is 0 Å². The lowest BCUT2D eigenvalue weighted by molar-refractivity contribution is -0.127. The van der Waals surface area contributed by atoms with Gasteiger partial charge in [-0.15, -0.1) is 0 Å². The van der Waals surface area contributed by atoms with Crippen molar-refractivity contribution in [1.82, 2.24) is 10.2 Å². The lowest BCUT2D eigenvalue weighted by Crippen LogP contribution is -2.46. The van der Waals surface area contributed by atoms with Crippen LogP contribution in [0, 0.1) is 17.2 Å². The van der Waals surface area contributed by atoms with Gasteiger partial charge in [-0.25, -0.2) is 4.79 Å². The molecule has 2 N–H and O–H groups in total. The third-order valence-electron chi connectivity index (χ3n) is 3.98. The predicted molar refractivity (Wildman–Crippen MR) is 85.6 cm³/mol. The van der Waals surface area contributed by atoms with E-state index in [2.05, 4.69) is 5.32 Å². The van der Waals surface area contributed by atoms with Crippen LogP contribution in [0.15, 0.2) is 30.3 Å². The molecule has 1 fully saturated rings. The molecule has 0 saturated carbocycles. The van der Waals surface area contributed by atoms with E-state index in [1.165, 1.54) is 0 Å². The molecule has 0 spiro atoms. The molecule has 2 amide bonds. The number of ether oxygens (including phenoxy) is 1. The normalized spacial score (nSPS) is 16.1. The second-order valence-corrected chi connectivity index (χ2v) is 5.67. The monoisotopic (exact) mass is 331 g/mol. The van der Waals surface area contributed by atoms with Gasteiger partial charge < -0.3 is 20.1 Å². The Morgan fingerprint density at radius 2 is 2.00 bits per heavy atom. The van der Waals surface area contributed by atoms with Gasteiger partial charge in [-0.2, -0.15) is 5.26 Å². The first-order chi connectivity index (χ1) is 11.6. The molecule has 1 aliphatic heterocycles. The molecule has 0 unspecified atom stereocenters. The van der Waals surface area contributed by atoms with Crippen LogP contribution in [0.5, 0.6) is 0 Å². The van der Waals surface area contributed by atoms with Gasteiger partial charge in [-0.1, -0.05) is 30.3 Å². The number of carbonyl (C=O) groups excluding carboxylic acids is 2. The molecule has 2 rings (SSSR count). The quantitative estimate of drug-likeness (QED) is 0.839. The maximum absolute atomic E-state index is 12.0. The number of nitriles is 1. The fraction of sp³-hybridized carbons (Fsp3) is 0.471. The minimum atomic E-state index is -0.883. The zero-order chi connectivity index (χ0) is 17.4.